The van der Waals surface area contributed by atoms with Crippen LogP contribution in [0.5, 0.6) is 0 Å². The molecule has 0 amide bonds. The first-order valence-corrected chi connectivity index (χ1v) is 11.0. The molecule has 5 rings (SSSR count). The van der Waals surface area contributed by atoms with Crippen molar-refractivity contribution in [2.24, 2.45) is 5.41 Å². The Morgan fingerprint density at radius 2 is 2.00 bits per heavy atom. The van der Waals surface area contributed by atoms with E-state index in [1.165, 1.54) is 0 Å². The molecule has 1 aliphatic heterocycles. The molecule has 8 heteroatoms. The molecule has 1 aliphatic rings. The smallest absolute Gasteiger partial charge is 0.335 e. The van der Waals surface area contributed by atoms with Gasteiger partial charge in [-0.25, -0.2) is 19.3 Å². The topological polar surface area (TPSA) is 95.7 Å². The van der Waals surface area contributed by atoms with Gasteiger partial charge in [0.15, 0.2) is 5.65 Å². The summed E-state index contributed by atoms with van der Waals surface area (Å²) in [5.41, 5.74) is 4.04. The summed E-state index contributed by atoms with van der Waals surface area (Å²) in [4.78, 5) is 23.2. The van der Waals surface area contributed by atoms with Crippen molar-refractivity contribution >= 4 is 28.9 Å². The second-order valence-corrected chi connectivity index (χ2v) is 9.26. The molecule has 2 N–H and O–H groups in total. The fourth-order valence-electron chi connectivity index (χ4n) is 4.40. The lowest BCUT2D eigenvalue weighted by Gasteiger charge is -2.21. The molecule has 0 atom stereocenters. The van der Waals surface area contributed by atoms with Crippen LogP contribution in [0.1, 0.15) is 36.2 Å². The van der Waals surface area contributed by atoms with Crippen molar-refractivity contribution in [3.05, 3.63) is 66.0 Å². The van der Waals surface area contributed by atoms with Gasteiger partial charge in [0.25, 0.3) is 0 Å². The van der Waals surface area contributed by atoms with E-state index < -0.39 is 5.97 Å². The van der Waals surface area contributed by atoms with Crippen molar-refractivity contribution in [2.75, 3.05) is 23.3 Å². The molecule has 0 radical (unpaired) electrons. The third-order valence-electron chi connectivity index (χ3n) is 6.20. The van der Waals surface area contributed by atoms with Gasteiger partial charge in [0.2, 0.25) is 0 Å². The van der Waals surface area contributed by atoms with Gasteiger partial charge in [-0.05, 0) is 48.6 Å². The summed E-state index contributed by atoms with van der Waals surface area (Å²) >= 11 is 0. The first-order valence-electron chi connectivity index (χ1n) is 11.0. The average molecular weight is 443 g/mol. The van der Waals surface area contributed by atoms with Gasteiger partial charge < -0.3 is 15.3 Å². The SMILES string of the molecule is Cc1c(C(=O)O)cccc1-c1cc(Nc2cccc(N3CCC(C)(C)C3)n2)c2nccn2n1. The third kappa shape index (κ3) is 4.00. The molecule has 4 aromatic rings. The normalized spacial score (nSPS) is 15.2. The molecule has 8 nitrogen and oxygen atoms in total. The third-order valence-corrected chi connectivity index (χ3v) is 6.20. The van der Waals surface area contributed by atoms with Crippen LogP contribution in [0.4, 0.5) is 17.3 Å². The van der Waals surface area contributed by atoms with Crippen LogP contribution >= 0.6 is 0 Å². The molecule has 3 aromatic heterocycles. The van der Waals surface area contributed by atoms with E-state index in [9.17, 15) is 9.90 Å². The van der Waals surface area contributed by atoms with Crippen molar-refractivity contribution in [2.45, 2.75) is 27.2 Å². The number of aromatic carboxylic acids is 1. The maximum absolute atomic E-state index is 11.6. The lowest BCUT2D eigenvalue weighted by atomic mass is 9.93. The van der Waals surface area contributed by atoms with Crippen molar-refractivity contribution < 1.29 is 9.90 Å². The standard InChI is InChI=1S/C25H26N6O2/c1-16-17(6-4-7-18(16)24(32)33)19-14-20(23-26-11-13-31(23)29-19)27-21-8-5-9-22(28-21)30-12-10-25(2,3)15-30/h4-9,11,13-14H,10,12,15H2,1-3H3,(H,27,28)(H,32,33). The van der Waals surface area contributed by atoms with Gasteiger partial charge in [-0.15, -0.1) is 0 Å². The maximum Gasteiger partial charge on any atom is 0.335 e. The van der Waals surface area contributed by atoms with Gasteiger partial charge in [0.05, 0.1) is 16.9 Å². The Labute approximate surface area is 191 Å². The number of hydrogen-bond acceptors (Lipinski definition) is 6. The molecular weight excluding hydrogens is 416 g/mol. The van der Waals surface area contributed by atoms with E-state index in [-0.39, 0.29) is 11.0 Å². The van der Waals surface area contributed by atoms with Crippen LogP contribution in [0.2, 0.25) is 0 Å². The summed E-state index contributed by atoms with van der Waals surface area (Å²) in [6.45, 7) is 8.33. The molecule has 0 unspecified atom stereocenters. The quantitative estimate of drug-likeness (QED) is 0.459. The number of carboxylic acid groups (broad SMARTS) is 1. The summed E-state index contributed by atoms with van der Waals surface area (Å²) in [5.74, 6) is 0.710. The molecule has 168 valence electrons. The number of benzene rings is 1. The van der Waals surface area contributed by atoms with Crippen molar-refractivity contribution in [1.29, 1.82) is 0 Å². The van der Waals surface area contributed by atoms with Crippen molar-refractivity contribution in [3.8, 4) is 11.3 Å². The second kappa shape index (κ2) is 7.88. The highest BCUT2D eigenvalue weighted by molar-refractivity contribution is 5.92. The Kier molecular flexibility index (Phi) is 5.00. The first-order chi connectivity index (χ1) is 15.8. The lowest BCUT2D eigenvalue weighted by molar-refractivity contribution is 0.0696. The van der Waals surface area contributed by atoms with Crippen molar-refractivity contribution in [1.82, 2.24) is 19.6 Å². The minimum absolute atomic E-state index is 0.262. The summed E-state index contributed by atoms with van der Waals surface area (Å²) in [6, 6.07) is 13.1. The van der Waals surface area contributed by atoms with Crippen LogP contribution < -0.4 is 10.2 Å². The number of nitrogens with one attached hydrogen (secondary N) is 1. The second-order valence-electron chi connectivity index (χ2n) is 9.26. The number of fused-ring (bicyclic) bond motifs is 1. The number of nitrogens with zero attached hydrogens (tertiary/aromatic N) is 5. The van der Waals surface area contributed by atoms with Crippen LogP contribution in [-0.4, -0.2) is 43.7 Å². The van der Waals surface area contributed by atoms with Gasteiger partial charge >= 0.3 is 5.97 Å². The number of anilines is 3. The zero-order valence-electron chi connectivity index (χ0n) is 18.9. The Bertz CT molecular complexity index is 1360. The van der Waals surface area contributed by atoms with E-state index in [0.717, 1.165) is 42.4 Å². The minimum Gasteiger partial charge on any atom is -0.478 e. The number of carbonyl (C=O) groups is 1. The Morgan fingerprint density at radius 3 is 2.76 bits per heavy atom. The van der Waals surface area contributed by atoms with Crippen LogP contribution in [0.25, 0.3) is 16.9 Å². The van der Waals surface area contributed by atoms with E-state index in [2.05, 4.69) is 34.1 Å². The largest absolute Gasteiger partial charge is 0.478 e. The van der Waals surface area contributed by atoms with Crippen LogP contribution in [0.3, 0.4) is 0 Å². The van der Waals surface area contributed by atoms with E-state index in [0.29, 0.717) is 16.9 Å². The molecule has 1 aromatic carbocycles. The number of rotatable bonds is 5. The predicted octanol–water partition coefficient (Wildman–Crippen LogP) is 4.78. The maximum atomic E-state index is 11.6. The summed E-state index contributed by atoms with van der Waals surface area (Å²) in [6.07, 6.45) is 4.61. The fraction of sp³-hybridized carbons (Fsp3) is 0.280. The number of aromatic nitrogens is 4. The number of pyridine rings is 1. The Hall–Kier alpha value is -3.94. The summed E-state index contributed by atoms with van der Waals surface area (Å²) in [7, 11) is 0. The van der Waals surface area contributed by atoms with Crippen LogP contribution in [0.15, 0.2) is 54.9 Å². The highest BCUT2D eigenvalue weighted by Crippen LogP contribution is 2.33. The Morgan fingerprint density at radius 1 is 1.18 bits per heavy atom. The molecule has 0 aliphatic carbocycles. The molecular formula is C25H26N6O2. The van der Waals surface area contributed by atoms with Gasteiger partial charge in [-0.3, -0.25) is 0 Å². The Balaban J connectivity index is 1.53. The van der Waals surface area contributed by atoms with Gasteiger partial charge in [-0.2, -0.15) is 5.10 Å². The van der Waals surface area contributed by atoms with E-state index in [4.69, 9.17) is 4.98 Å². The van der Waals surface area contributed by atoms with Gasteiger partial charge in [-0.1, -0.05) is 32.0 Å². The summed E-state index contributed by atoms with van der Waals surface area (Å²) in [5, 5.41) is 17.6. The minimum atomic E-state index is -0.956. The van der Waals surface area contributed by atoms with E-state index in [1.807, 2.05) is 30.3 Å². The predicted molar refractivity (Wildman–Crippen MR) is 128 cm³/mol. The number of carboxylic acids is 1. The zero-order valence-corrected chi connectivity index (χ0v) is 18.9. The molecule has 0 bridgehead atoms. The lowest BCUT2D eigenvalue weighted by Crippen LogP contribution is -2.23. The molecule has 1 fully saturated rings. The molecule has 0 spiro atoms. The molecule has 4 heterocycles. The van der Waals surface area contributed by atoms with Gasteiger partial charge in [0, 0.05) is 31.0 Å². The van der Waals surface area contributed by atoms with Crippen molar-refractivity contribution in [3.63, 3.8) is 0 Å². The highest BCUT2D eigenvalue weighted by atomic mass is 16.4. The molecule has 1 saturated heterocycles. The van der Waals surface area contributed by atoms with E-state index >= 15 is 0 Å². The van der Waals surface area contributed by atoms with Gasteiger partial charge in [0.1, 0.15) is 11.6 Å². The molecule has 33 heavy (non-hydrogen) atoms. The number of imidazole rings is 1. The van der Waals surface area contributed by atoms with Crippen LogP contribution in [0, 0.1) is 12.3 Å². The summed E-state index contributed by atoms with van der Waals surface area (Å²) < 4.78 is 1.69. The van der Waals surface area contributed by atoms with Crippen LogP contribution in [-0.2, 0) is 0 Å². The molecule has 0 saturated carbocycles. The zero-order chi connectivity index (χ0) is 23.2. The van der Waals surface area contributed by atoms with E-state index in [1.54, 1.807) is 36.0 Å². The monoisotopic (exact) mass is 442 g/mol. The highest BCUT2D eigenvalue weighted by Gasteiger charge is 2.30. The average Bonchev–Trinajstić information content (AvgIpc) is 3.40. The first kappa shape index (κ1) is 20.9. The number of hydrogen-bond donors (Lipinski definition) is 2. The fourth-order valence-corrected chi connectivity index (χ4v) is 4.40.